The minimum Gasteiger partial charge on any atom is -0.462 e. The summed E-state index contributed by atoms with van der Waals surface area (Å²) in [6, 6.07) is 0. The highest BCUT2D eigenvalue weighted by Crippen LogP contribution is 2.42. The molecule has 0 aliphatic heterocycles. The molecule has 5 heteroatoms. The normalized spacial score (nSPS) is 25.7. The molecule has 242 valence electrons. The maximum Gasteiger partial charge on any atom is 0.335 e. The zero-order valence-corrected chi connectivity index (χ0v) is 27.3. The number of fused-ring (bicyclic) bond motifs is 1. The fourth-order valence-electron chi connectivity index (χ4n) is 7.37. The molecule has 3 rings (SSSR count). The van der Waals surface area contributed by atoms with Crippen LogP contribution in [0.3, 0.4) is 0 Å². The average molecular weight is 597 g/mol. The highest BCUT2D eigenvalue weighted by Gasteiger charge is 2.30. The molecule has 3 aliphatic rings. The maximum atomic E-state index is 11.9. The van der Waals surface area contributed by atoms with E-state index in [1.807, 2.05) is 0 Å². The molecule has 4 unspecified atom stereocenters. The van der Waals surface area contributed by atoms with Crippen molar-refractivity contribution >= 4 is 11.9 Å². The number of hydrogen-bond donors (Lipinski definition) is 1. The summed E-state index contributed by atoms with van der Waals surface area (Å²) in [6.07, 6.45) is 29.7. The highest BCUT2D eigenvalue weighted by atomic mass is 16.5. The van der Waals surface area contributed by atoms with Gasteiger partial charge in [-0.25, -0.2) is 9.59 Å². The van der Waals surface area contributed by atoms with E-state index in [0.717, 1.165) is 48.9 Å². The fourth-order valence-corrected chi connectivity index (χ4v) is 7.37. The molecule has 0 heterocycles. The quantitative estimate of drug-likeness (QED) is 0.0915. The summed E-state index contributed by atoms with van der Waals surface area (Å²) >= 11 is 0. The van der Waals surface area contributed by atoms with Crippen molar-refractivity contribution in [2.24, 2.45) is 35.5 Å². The van der Waals surface area contributed by atoms with Crippen molar-refractivity contribution in [2.45, 2.75) is 123 Å². The van der Waals surface area contributed by atoms with Gasteiger partial charge in [-0.2, -0.15) is 0 Å². The molecule has 1 N–H and O–H groups in total. The Hall–Kier alpha value is -2.14. The van der Waals surface area contributed by atoms with Crippen LogP contribution in [-0.2, 0) is 19.1 Å². The third-order valence-corrected chi connectivity index (χ3v) is 10.3. The summed E-state index contributed by atoms with van der Waals surface area (Å²) in [5.41, 5.74) is 1.99. The number of aliphatic hydroxyl groups excluding tert-OH is 1. The van der Waals surface area contributed by atoms with E-state index >= 15 is 0 Å². The van der Waals surface area contributed by atoms with Gasteiger partial charge in [0, 0.05) is 11.5 Å². The number of esters is 2. The first-order chi connectivity index (χ1) is 20.8. The van der Waals surface area contributed by atoms with E-state index in [-0.39, 0.29) is 24.7 Å². The number of carbonyl (C=O) groups is 2. The van der Waals surface area contributed by atoms with Gasteiger partial charge in [-0.1, -0.05) is 115 Å². The first-order valence-electron chi connectivity index (χ1n) is 17.5. The molecule has 0 radical (unpaired) electrons. The highest BCUT2D eigenvalue weighted by molar-refractivity contribution is 5.88. The smallest absolute Gasteiger partial charge is 0.335 e. The van der Waals surface area contributed by atoms with Crippen molar-refractivity contribution in [1.82, 2.24) is 0 Å². The molecule has 2 saturated carbocycles. The van der Waals surface area contributed by atoms with Crippen molar-refractivity contribution in [3.8, 4) is 0 Å². The van der Waals surface area contributed by atoms with Gasteiger partial charge in [-0.3, -0.25) is 0 Å². The Labute approximate surface area is 262 Å². The average Bonchev–Trinajstić information content (AvgIpc) is 3.02. The van der Waals surface area contributed by atoms with E-state index in [1.54, 1.807) is 12.5 Å². The molecule has 0 aromatic rings. The fraction of sp³-hybridized carbons (Fsp3) is 0.737. The van der Waals surface area contributed by atoms with Crippen LogP contribution >= 0.6 is 0 Å². The molecule has 5 nitrogen and oxygen atoms in total. The van der Waals surface area contributed by atoms with Crippen molar-refractivity contribution in [3.05, 3.63) is 48.1 Å². The Morgan fingerprint density at radius 2 is 1.51 bits per heavy atom. The molecule has 0 aromatic carbocycles. The van der Waals surface area contributed by atoms with Crippen molar-refractivity contribution < 1.29 is 24.2 Å². The number of aliphatic hydroxyl groups is 1. The predicted molar refractivity (Wildman–Crippen MR) is 175 cm³/mol. The van der Waals surface area contributed by atoms with Crippen LogP contribution in [0, 0.1) is 35.5 Å². The third-order valence-electron chi connectivity index (χ3n) is 10.3. The van der Waals surface area contributed by atoms with Gasteiger partial charge < -0.3 is 14.6 Å². The van der Waals surface area contributed by atoms with Gasteiger partial charge in [0.05, 0.1) is 25.4 Å². The van der Waals surface area contributed by atoms with Gasteiger partial charge in [-0.15, -0.1) is 0 Å². The standard InChI is InChI=1S/C38H60O5/c1-5-6-7-11-32-19-21-36-24-33(20-22-35(36)23-32)18-17-31-15-13-30(14-16-31)10-8-9-12-34(26-42-37(40)28(2)3)27-43-38(41)29(4)25-39/h19,21,23,30-31,33-36,39H,2,4-18,20,22,24-27H2,1,3H3. The molecular formula is C38H60O5. The lowest BCUT2D eigenvalue weighted by Crippen LogP contribution is -2.25. The Morgan fingerprint density at radius 3 is 2.19 bits per heavy atom. The van der Waals surface area contributed by atoms with E-state index in [9.17, 15) is 9.59 Å². The second-order valence-corrected chi connectivity index (χ2v) is 13.9. The Bertz CT molecular complexity index is 953. The second kappa shape index (κ2) is 19.3. The topological polar surface area (TPSA) is 72.8 Å². The molecule has 3 aliphatic carbocycles. The van der Waals surface area contributed by atoms with E-state index in [4.69, 9.17) is 14.6 Å². The lowest BCUT2D eigenvalue weighted by Gasteiger charge is -2.36. The van der Waals surface area contributed by atoms with Crippen molar-refractivity contribution in [3.63, 3.8) is 0 Å². The van der Waals surface area contributed by atoms with Gasteiger partial charge >= 0.3 is 11.9 Å². The van der Waals surface area contributed by atoms with Crippen LogP contribution in [0.25, 0.3) is 0 Å². The second-order valence-electron chi connectivity index (χ2n) is 13.9. The van der Waals surface area contributed by atoms with E-state index in [0.29, 0.717) is 5.57 Å². The van der Waals surface area contributed by atoms with Gasteiger partial charge in [0.25, 0.3) is 0 Å². The molecule has 0 bridgehead atoms. The largest absolute Gasteiger partial charge is 0.462 e. The van der Waals surface area contributed by atoms with E-state index < -0.39 is 18.5 Å². The lowest BCUT2D eigenvalue weighted by molar-refractivity contribution is -0.144. The third kappa shape index (κ3) is 12.8. The van der Waals surface area contributed by atoms with E-state index in [2.05, 4.69) is 38.3 Å². The van der Waals surface area contributed by atoms with Crippen molar-refractivity contribution in [1.29, 1.82) is 0 Å². The number of allylic oxidation sites excluding steroid dienone is 4. The van der Waals surface area contributed by atoms with Crippen molar-refractivity contribution in [2.75, 3.05) is 19.8 Å². The number of ether oxygens (including phenoxy) is 2. The summed E-state index contributed by atoms with van der Waals surface area (Å²) < 4.78 is 10.7. The molecule has 43 heavy (non-hydrogen) atoms. The predicted octanol–water partition coefficient (Wildman–Crippen LogP) is 9.07. The summed E-state index contributed by atoms with van der Waals surface area (Å²) in [6.45, 7) is 11.0. The number of unbranched alkanes of at least 4 members (excludes halogenated alkanes) is 3. The SMILES string of the molecule is C=C(C)C(=O)OCC(CCCCC1CCC(CCC2CCC3C=C(CCCCC)C=CC3C2)CC1)COC(=O)C(=C)CO. The summed E-state index contributed by atoms with van der Waals surface area (Å²) in [5, 5.41) is 9.10. The number of rotatable bonds is 19. The van der Waals surface area contributed by atoms with Crippen LogP contribution in [0.15, 0.2) is 48.1 Å². The molecule has 0 amide bonds. The van der Waals surface area contributed by atoms with Crippen LogP contribution in [0.4, 0.5) is 0 Å². The van der Waals surface area contributed by atoms with Gasteiger partial charge in [0.2, 0.25) is 0 Å². The van der Waals surface area contributed by atoms with Gasteiger partial charge in [0.1, 0.15) is 0 Å². The molecule has 2 fully saturated rings. The van der Waals surface area contributed by atoms with E-state index in [1.165, 1.54) is 89.9 Å². The summed E-state index contributed by atoms with van der Waals surface area (Å²) in [7, 11) is 0. The van der Waals surface area contributed by atoms with Crippen LogP contribution in [0.2, 0.25) is 0 Å². The minimum absolute atomic E-state index is 0.0334. The molecule has 4 atom stereocenters. The van der Waals surface area contributed by atoms with Crippen LogP contribution in [0.5, 0.6) is 0 Å². The van der Waals surface area contributed by atoms with Gasteiger partial charge in [0.15, 0.2) is 0 Å². The van der Waals surface area contributed by atoms with Crippen LogP contribution in [-0.4, -0.2) is 36.9 Å². The van der Waals surface area contributed by atoms with Gasteiger partial charge in [-0.05, 0) is 75.0 Å². The zero-order valence-electron chi connectivity index (χ0n) is 27.3. The Morgan fingerprint density at radius 1 is 0.860 bits per heavy atom. The number of carbonyl (C=O) groups excluding carboxylic acids is 2. The van der Waals surface area contributed by atoms with Crippen LogP contribution < -0.4 is 0 Å². The molecule has 0 saturated heterocycles. The summed E-state index contributed by atoms with van der Waals surface area (Å²) in [4.78, 5) is 23.8. The first kappa shape index (κ1) is 35.3. The molecule has 0 aromatic heterocycles. The minimum atomic E-state index is -0.599. The lowest BCUT2D eigenvalue weighted by atomic mass is 9.69. The maximum absolute atomic E-state index is 11.9. The van der Waals surface area contributed by atoms with Crippen LogP contribution in [0.1, 0.15) is 123 Å². The number of hydrogen-bond acceptors (Lipinski definition) is 5. The monoisotopic (exact) mass is 596 g/mol. The molecule has 0 spiro atoms. The zero-order chi connectivity index (χ0) is 31.0. The Balaban J connectivity index is 1.29. The Kier molecular flexibility index (Phi) is 15.9. The summed E-state index contributed by atoms with van der Waals surface area (Å²) in [5.74, 6) is 3.15. The molecular weight excluding hydrogens is 536 g/mol. The first-order valence-corrected chi connectivity index (χ1v) is 17.5.